The highest BCUT2D eigenvalue weighted by Crippen LogP contribution is 2.34. The topological polar surface area (TPSA) is 117 Å². The molecule has 12 heteroatoms. The lowest BCUT2D eigenvalue weighted by atomic mass is 10.0. The molecule has 0 saturated carbocycles. The van der Waals surface area contributed by atoms with Crippen LogP contribution in [-0.2, 0) is 18.3 Å². The minimum atomic E-state index is -1.28. The van der Waals surface area contributed by atoms with Crippen molar-refractivity contribution < 1.29 is 14.7 Å². The number of hydrogen-bond donors (Lipinski definition) is 2. The Labute approximate surface area is 244 Å². The summed E-state index contributed by atoms with van der Waals surface area (Å²) >= 11 is 12.2. The number of aliphatic carboxylic acids is 1. The number of fused-ring (bicyclic) bond motifs is 2. The number of aryl methyl sites for hydroxylation is 1. The van der Waals surface area contributed by atoms with E-state index in [-0.39, 0.29) is 22.0 Å². The van der Waals surface area contributed by atoms with Gasteiger partial charge in [-0.3, -0.25) is 14.2 Å². The highest BCUT2D eigenvalue weighted by molar-refractivity contribution is 6.39. The van der Waals surface area contributed by atoms with E-state index in [1.165, 1.54) is 16.7 Å². The number of rotatable bonds is 6. The molecule has 41 heavy (non-hydrogen) atoms. The van der Waals surface area contributed by atoms with Crippen molar-refractivity contribution in [1.29, 1.82) is 0 Å². The van der Waals surface area contributed by atoms with E-state index in [9.17, 15) is 24.3 Å². The van der Waals surface area contributed by atoms with E-state index in [0.29, 0.717) is 22.2 Å². The summed E-state index contributed by atoms with van der Waals surface area (Å²) in [6.07, 6.45) is -0.0555. The molecular weight excluding hydrogens is 569 g/mol. The molecule has 5 rings (SSSR count). The van der Waals surface area contributed by atoms with Gasteiger partial charge < -0.3 is 20.2 Å². The van der Waals surface area contributed by atoms with Gasteiger partial charge in [-0.2, -0.15) is 0 Å². The van der Waals surface area contributed by atoms with Crippen LogP contribution < -0.4 is 26.4 Å². The van der Waals surface area contributed by atoms with Crippen LogP contribution in [-0.4, -0.2) is 59.3 Å². The second-order valence-electron chi connectivity index (χ2n) is 10.0. The number of hydrogen-bond acceptors (Lipinski definition) is 6. The molecule has 1 aliphatic rings. The maximum absolute atomic E-state index is 13.6. The van der Waals surface area contributed by atoms with E-state index in [4.69, 9.17) is 23.2 Å². The van der Waals surface area contributed by atoms with Crippen molar-refractivity contribution in [3.05, 3.63) is 96.6 Å². The Morgan fingerprint density at radius 3 is 2.10 bits per heavy atom. The molecule has 0 radical (unpaired) electrons. The quantitative estimate of drug-likeness (QED) is 0.351. The van der Waals surface area contributed by atoms with Gasteiger partial charge in [0.15, 0.2) is 0 Å². The normalized spacial score (nSPS) is 13.7. The van der Waals surface area contributed by atoms with Gasteiger partial charge in [0, 0.05) is 40.7 Å². The third-order valence-corrected chi connectivity index (χ3v) is 8.02. The Morgan fingerprint density at radius 2 is 1.51 bits per heavy atom. The predicted octanol–water partition coefficient (Wildman–Crippen LogP) is 3.31. The number of carbonyl (C=O) groups is 2. The van der Waals surface area contributed by atoms with Gasteiger partial charge >= 0.3 is 11.7 Å². The van der Waals surface area contributed by atoms with Crippen LogP contribution in [0.15, 0.2) is 64.2 Å². The smallest absolute Gasteiger partial charge is 0.335 e. The summed E-state index contributed by atoms with van der Waals surface area (Å²) in [7, 11) is 5.57. The maximum atomic E-state index is 13.6. The highest BCUT2D eigenvalue weighted by Gasteiger charge is 2.25. The average molecular weight is 596 g/mol. The highest BCUT2D eigenvalue weighted by atomic mass is 35.5. The van der Waals surface area contributed by atoms with Gasteiger partial charge in [0.2, 0.25) is 0 Å². The van der Waals surface area contributed by atoms with Gasteiger partial charge in [-0.25, -0.2) is 14.2 Å². The summed E-state index contributed by atoms with van der Waals surface area (Å²) in [6.45, 7) is 1.63. The molecule has 0 bridgehead atoms. The van der Waals surface area contributed by atoms with Crippen LogP contribution in [0.5, 0.6) is 0 Å². The van der Waals surface area contributed by atoms with Crippen molar-refractivity contribution in [2.75, 3.05) is 37.0 Å². The summed E-state index contributed by atoms with van der Waals surface area (Å²) in [5.74, 6) is -1.96. The van der Waals surface area contributed by atoms with Crippen molar-refractivity contribution in [2.45, 2.75) is 12.5 Å². The number of likely N-dealkylation sites (N-methyl/N-ethyl adjacent to an activating group) is 2. The largest absolute Gasteiger partial charge is 0.480 e. The lowest BCUT2D eigenvalue weighted by Crippen LogP contribution is -2.42. The minimum Gasteiger partial charge on any atom is -0.480 e. The fourth-order valence-electron chi connectivity index (χ4n) is 5.02. The van der Waals surface area contributed by atoms with Crippen molar-refractivity contribution in [3.8, 4) is 5.69 Å². The molecule has 10 nitrogen and oxygen atoms in total. The Balaban J connectivity index is 1.46. The molecule has 0 unspecified atom stereocenters. The third kappa shape index (κ3) is 5.16. The van der Waals surface area contributed by atoms with Gasteiger partial charge in [0.05, 0.1) is 43.6 Å². The monoisotopic (exact) mass is 595 g/mol. The number of carbonyl (C=O) groups excluding carboxylic acids is 1. The van der Waals surface area contributed by atoms with Crippen molar-refractivity contribution in [2.24, 2.45) is 7.05 Å². The lowest BCUT2D eigenvalue weighted by molar-refractivity contribution is -0.139. The minimum absolute atomic E-state index is 0.0111. The molecule has 1 aliphatic heterocycles. The standard InChI is InChI=1S/C29H27Cl2N5O5/c1-33-11-12-34(2)24-15-22-18(14-23(24)33)27(38)36(29(41)35(22)3)17-9-7-16(8-10-17)13-21(28(39)40)32-26(37)25-19(30)5-4-6-20(25)31/h4-10,14-15,21H,11-13H2,1-3H3,(H,32,37)(H,39,40)/t21-/m0/s1. The maximum Gasteiger partial charge on any atom is 0.335 e. The van der Waals surface area contributed by atoms with Gasteiger partial charge in [-0.15, -0.1) is 0 Å². The summed E-state index contributed by atoms with van der Waals surface area (Å²) in [5.41, 5.74) is 2.32. The number of benzene rings is 3. The van der Waals surface area contributed by atoms with Crippen LogP contribution in [0.2, 0.25) is 10.0 Å². The van der Waals surface area contributed by atoms with Crippen LogP contribution in [0, 0.1) is 0 Å². The Hall–Kier alpha value is -4.28. The molecule has 3 aromatic carbocycles. The van der Waals surface area contributed by atoms with E-state index in [1.807, 2.05) is 26.2 Å². The first-order valence-corrected chi connectivity index (χ1v) is 13.5. The number of aromatic nitrogens is 2. The number of anilines is 2. The average Bonchev–Trinajstić information content (AvgIpc) is 2.93. The predicted molar refractivity (Wildman–Crippen MR) is 160 cm³/mol. The molecule has 0 spiro atoms. The van der Waals surface area contributed by atoms with Gasteiger partial charge in [0.25, 0.3) is 11.5 Å². The zero-order valence-corrected chi connectivity index (χ0v) is 24.0. The zero-order chi connectivity index (χ0) is 29.6. The van der Waals surface area contributed by atoms with Crippen LogP contribution in [0.4, 0.5) is 11.4 Å². The van der Waals surface area contributed by atoms with Gasteiger partial charge in [-0.05, 0) is 42.0 Å². The molecule has 0 saturated heterocycles. The lowest BCUT2D eigenvalue weighted by Gasteiger charge is -2.35. The number of nitrogens with one attached hydrogen (secondary N) is 1. The van der Waals surface area contributed by atoms with E-state index in [1.54, 1.807) is 37.4 Å². The van der Waals surface area contributed by atoms with Crippen molar-refractivity contribution in [1.82, 2.24) is 14.5 Å². The summed E-state index contributed by atoms with van der Waals surface area (Å²) in [4.78, 5) is 55.8. The Bertz CT molecular complexity index is 1800. The number of amides is 1. The fraction of sp³-hybridized carbons (Fsp3) is 0.241. The molecular formula is C29H27Cl2N5O5. The number of carboxylic acid groups (broad SMARTS) is 1. The van der Waals surface area contributed by atoms with Crippen molar-refractivity contribution >= 4 is 57.4 Å². The van der Waals surface area contributed by atoms with E-state index in [2.05, 4.69) is 15.1 Å². The van der Waals surface area contributed by atoms with Crippen molar-refractivity contribution in [3.63, 3.8) is 0 Å². The van der Waals surface area contributed by atoms with Crippen LogP contribution in [0.3, 0.4) is 0 Å². The van der Waals surface area contributed by atoms with Gasteiger partial charge in [0.1, 0.15) is 6.04 Å². The van der Waals surface area contributed by atoms with Crippen LogP contribution >= 0.6 is 23.2 Å². The SMILES string of the molecule is CN1CCN(C)c2cc3c(cc21)c(=O)n(-c1ccc(C[C@H](NC(=O)c2c(Cl)cccc2Cl)C(=O)O)cc1)c(=O)n3C. The molecule has 4 aromatic rings. The van der Waals surface area contributed by atoms with E-state index >= 15 is 0 Å². The number of carboxylic acids is 1. The van der Waals surface area contributed by atoms with Crippen LogP contribution in [0.25, 0.3) is 16.6 Å². The molecule has 1 atom stereocenters. The molecule has 2 N–H and O–H groups in total. The zero-order valence-electron chi connectivity index (χ0n) is 22.5. The molecule has 212 valence electrons. The Kier molecular flexibility index (Phi) is 7.54. The second-order valence-corrected chi connectivity index (χ2v) is 10.8. The number of halogens is 2. The molecule has 1 aromatic heterocycles. The van der Waals surface area contributed by atoms with E-state index < -0.39 is 29.2 Å². The first-order chi connectivity index (χ1) is 19.5. The Morgan fingerprint density at radius 1 is 0.927 bits per heavy atom. The summed E-state index contributed by atoms with van der Waals surface area (Å²) in [6, 6.07) is 13.3. The first-order valence-electron chi connectivity index (χ1n) is 12.8. The first kappa shape index (κ1) is 28.3. The van der Waals surface area contributed by atoms with Gasteiger partial charge in [-0.1, -0.05) is 41.4 Å². The summed E-state index contributed by atoms with van der Waals surface area (Å²) < 4.78 is 2.55. The van der Waals surface area contributed by atoms with E-state index in [0.717, 1.165) is 29.0 Å². The molecule has 1 amide bonds. The fourth-order valence-corrected chi connectivity index (χ4v) is 5.59. The second kappa shape index (κ2) is 10.9. The molecule has 0 aliphatic carbocycles. The molecule has 2 heterocycles. The van der Waals surface area contributed by atoms with Crippen LogP contribution in [0.1, 0.15) is 15.9 Å². The third-order valence-electron chi connectivity index (χ3n) is 7.39. The summed E-state index contributed by atoms with van der Waals surface area (Å²) in [5, 5.41) is 12.8. The number of nitrogens with zero attached hydrogens (tertiary/aromatic N) is 4. The molecule has 0 fully saturated rings.